The summed E-state index contributed by atoms with van der Waals surface area (Å²) in [6.45, 7) is 0. The first-order chi connectivity index (χ1) is 11.7. The van der Waals surface area contributed by atoms with E-state index in [1.165, 1.54) is 0 Å². The second-order valence-corrected chi connectivity index (χ2v) is 5.86. The van der Waals surface area contributed by atoms with Gasteiger partial charge in [0.1, 0.15) is 17.3 Å². The highest BCUT2D eigenvalue weighted by atomic mass is 16.5. The molecule has 0 bridgehead atoms. The molecule has 2 aromatic carbocycles. The first-order valence-electron chi connectivity index (χ1n) is 7.85. The van der Waals surface area contributed by atoms with Crippen molar-refractivity contribution in [3.8, 4) is 11.5 Å². The second kappa shape index (κ2) is 5.85. The monoisotopic (exact) mass is 319 g/mol. The maximum Gasteiger partial charge on any atom is 0.226 e. The summed E-state index contributed by atoms with van der Waals surface area (Å²) in [4.78, 5) is 12.1. The molecular weight excluding hydrogens is 302 g/mol. The number of amides is 1. The first-order valence-corrected chi connectivity index (χ1v) is 7.85. The van der Waals surface area contributed by atoms with Crippen molar-refractivity contribution in [3.05, 3.63) is 71.9 Å². The number of ether oxygens (including phenoxy) is 1. The molecule has 5 heteroatoms. The third-order valence-electron chi connectivity index (χ3n) is 4.23. The Labute approximate surface area is 139 Å². The Morgan fingerprint density at radius 3 is 2.75 bits per heavy atom. The molecule has 0 aliphatic carbocycles. The quantitative estimate of drug-likeness (QED) is 0.801. The number of para-hydroxylation sites is 1. The molecule has 0 radical (unpaired) electrons. The number of hydrogen-bond donors (Lipinski definition) is 1. The van der Waals surface area contributed by atoms with Gasteiger partial charge in [0.15, 0.2) is 0 Å². The lowest BCUT2D eigenvalue weighted by atomic mass is 9.87. The highest BCUT2D eigenvalue weighted by Crippen LogP contribution is 2.38. The third-order valence-corrected chi connectivity index (χ3v) is 4.23. The average molecular weight is 319 g/mol. The number of benzene rings is 2. The molecule has 120 valence electrons. The number of anilines is 1. The molecule has 3 aromatic rings. The summed E-state index contributed by atoms with van der Waals surface area (Å²) in [6, 6.07) is 17.6. The molecule has 0 spiro atoms. The van der Waals surface area contributed by atoms with Crippen molar-refractivity contribution in [2.75, 3.05) is 5.32 Å². The number of fused-ring (bicyclic) bond motifs is 1. The lowest BCUT2D eigenvalue weighted by Gasteiger charge is -2.23. The molecule has 2 heterocycles. The average Bonchev–Trinajstić information content (AvgIpc) is 2.96. The van der Waals surface area contributed by atoms with Crippen LogP contribution in [0.2, 0.25) is 0 Å². The maximum atomic E-state index is 12.1. The van der Waals surface area contributed by atoms with Crippen molar-refractivity contribution in [3.63, 3.8) is 0 Å². The summed E-state index contributed by atoms with van der Waals surface area (Å²) >= 11 is 0. The number of aryl methyl sites for hydroxylation is 1. The summed E-state index contributed by atoms with van der Waals surface area (Å²) in [5.74, 6) is 2.31. The van der Waals surface area contributed by atoms with Crippen LogP contribution in [-0.4, -0.2) is 15.7 Å². The van der Waals surface area contributed by atoms with Crippen molar-refractivity contribution in [2.45, 2.75) is 12.3 Å². The van der Waals surface area contributed by atoms with Crippen molar-refractivity contribution in [2.24, 2.45) is 7.05 Å². The van der Waals surface area contributed by atoms with E-state index in [1.807, 2.05) is 67.8 Å². The van der Waals surface area contributed by atoms with E-state index in [2.05, 4.69) is 10.4 Å². The normalized spacial score (nSPS) is 16.4. The van der Waals surface area contributed by atoms with Gasteiger partial charge in [-0.2, -0.15) is 5.10 Å². The Morgan fingerprint density at radius 1 is 1.12 bits per heavy atom. The Kier molecular flexibility index (Phi) is 3.54. The molecule has 1 aliphatic rings. The van der Waals surface area contributed by atoms with Crippen LogP contribution in [0.4, 0.5) is 5.82 Å². The van der Waals surface area contributed by atoms with Crippen LogP contribution in [-0.2, 0) is 11.8 Å². The topological polar surface area (TPSA) is 56.2 Å². The molecule has 1 amide bonds. The summed E-state index contributed by atoms with van der Waals surface area (Å²) in [5, 5.41) is 7.16. The van der Waals surface area contributed by atoms with Gasteiger partial charge in [0, 0.05) is 24.9 Å². The molecule has 1 atom stereocenters. The molecular formula is C19H17N3O2. The zero-order valence-electron chi connectivity index (χ0n) is 13.3. The van der Waals surface area contributed by atoms with Gasteiger partial charge in [-0.05, 0) is 29.8 Å². The van der Waals surface area contributed by atoms with E-state index in [-0.39, 0.29) is 11.8 Å². The Hall–Kier alpha value is -3.08. The number of carbonyl (C=O) groups excluding carboxylic acids is 1. The van der Waals surface area contributed by atoms with E-state index >= 15 is 0 Å². The molecule has 1 aromatic heterocycles. The fourth-order valence-corrected chi connectivity index (χ4v) is 3.06. The number of aromatic nitrogens is 2. The van der Waals surface area contributed by atoms with Gasteiger partial charge in [-0.1, -0.05) is 30.3 Å². The van der Waals surface area contributed by atoms with E-state index in [0.29, 0.717) is 6.42 Å². The number of nitrogens with zero attached hydrogens (tertiary/aromatic N) is 2. The van der Waals surface area contributed by atoms with E-state index in [9.17, 15) is 4.79 Å². The van der Waals surface area contributed by atoms with Crippen LogP contribution in [0.25, 0.3) is 0 Å². The smallest absolute Gasteiger partial charge is 0.226 e. The van der Waals surface area contributed by atoms with Crippen molar-refractivity contribution in [1.29, 1.82) is 0 Å². The number of rotatable bonds is 3. The van der Waals surface area contributed by atoms with Gasteiger partial charge in [-0.25, -0.2) is 0 Å². The maximum absolute atomic E-state index is 12.1. The Morgan fingerprint density at radius 2 is 1.92 bits per heavy atom. The van der Waals surface area contributed by atoms with Crippen LogP contribution >= 0.6 is 0 Å². The molecule has 1 aliphatic heterocycles. The van der Waals surface area contributed by atoms with Crippen LogP contribution < -0.4 is 10.1 Å². The van der Waals surface area contributed by atoms with Crippen LogP contribution in [0.15, 0.2) is 60.8 Å². The largest absolute Gasteiger partial charge is 0.457 e. The zero-order valence-corrected chi connectivity index (χ0v) is 13.3. The van der Waals surface area contributed by atoms with E-state index in [0.717, 1.165) is 28.4 Å². The molecule has 0 saturated heterocycles. The number of nitrogens with one attached hydrogen (secondary N) is 1. The highest BCUT2D eigenvalue weighted by molar-refractivity contribution is 5.94. The summed E-state index contributed by atoms with van der Waals surface area (Å²) < 4.78 is 7.61. The van der Waals surface area contributed by atoms with Crippen molar-refractivity contribution < 1.29 is 9.53 Å². The van der Waals surface area contributed by atoms with Crippen molar-refractivity contribution in [1.82, 2.24) is 9.78 Å². The van der Waals surface area contributed by atoms with E-state index < -0.39 is 0 Å². The zero-order chi connectivity index (χ0) is 16.5. The summed E-state index contributed by atoms with van der Waals surface area (Å²) in [5.41, 5.74) is 2.08. The predicted molar refractivity (Wildman–Crippen MR) is 91.3 cm³/mol. The molecule has 0 unspecified atom stereocenters. The van der Waals surface area contributed by atoms with Gasteiger partial charge in [-0.3, -0.25) is 9.48 Å². The first kappa shape index (κ1) is 14.5. The molecule has 1 N–H and O–H groups in total. The van der Waals surface area contributed by atoms with Gasteiger partial charge in [-0.15, -0.1) is 0 Å². The minimum absolute atomic E-state index is 0.00507. The highest BCUT2D eigenvalue weighted by Gasteiger charge is 2.29. The lowest BCUT2D eigenvalue weighted by molar-refractivity contribution is -0.116. The third kappa shape index (κ3) is 2.65. The number of carbonyl (C=O) groups is 1. The van der Waals surface area contributed by atoms with Crippen molar-refractivity contribution >= 4 is 11.7 Å². The van der Waals surface area contributed by atoms with Crippen LogP contribution in [0.3, 0.4) is 0 Å². The van der Waals surface area contributed by atoms with Crippen LogP contribution in [0.1, 0.15) is 23.5 Å². The van der Waals surface area contributed by atoms with E-state index in [1.54, 1.807) is 4.68 Å². The molecule has 0 saturated carbocycles. The molecule has 0 fully saturated rings. The molecule has 5 nitrogen and oxygen atoms in total. The van der Waals surface area contributed by atoms with Crippen LogP contribution in [0, 0.1) is 0 Å². The van der Waals surface area contributed by atoms with Gasteiger partial charge in [0.05, 0.1) is 6.20 Å². The summed E-state index contributed by atoms with van der Waals surface area (Å²) in [7, 11) is 1.83. The SMILES string of the molecule is Cn1ncc2c1NC(=O)C[C@@H]2c1cccc(Oc2ccccc2)c1. The fourth-order valence-electron chi connectivity index (χ4n) is 3.06. The Bertz CT molecular complexity index is 887. The Balaban J connectivity index is 1.68. The lowest BCUT2D eigenvalue weighted by Crippen LogP contribution is -2.24. The second-order valence-electron chi connectivity index (χ2n) is 5.86. The van der Waals surface area contributed by atoms with Gasteiger partial charge in [0.2, 0.25) is 5.91 Å². The molecule has 4 rings (SSSR count). The van der Waals surface area contributed by atoms with Gasteiger partial charge >= 0.3 is 0 Å². The van der Waals surface area contributed by atoms with Gasteiger partial charge < -0.3 is 10.1 Å². The fraction of sp³-hybridized carbons (Fsp3) is 0.158. The summed E-state index contributed by atoms with van der Waals surface area (Å²) in [6.07, 6.45) is 2.23. The van der Waals surface area contributed by atoms with Gasteiger partial charge in [0.25, 0.3) is 0 Å². The minimum Gasteiger partial charge on any atom is -0.457 e. The minimum atomic E-state index is -0.0122. The molecule has 24 heavy (non-hydrogen) atoms. The van der Waals surface area contributed by atoms with E-state index in [4.69, 9.17) is 4.74 Å². The predicted octanol–water partition coefficient (Wildman–Crippen LogP) is 3.69. The number of hydrogen-bond acceptors (Lipinski definition) is 3. The standard InChI is InChI=1S/C19H17N3O2/c1-22-19-17(12-20-22)16(11-18(23)21-19)13-6-5-9-15(10-13)24-14-7-3-2-4-8-14/h2-10,12,16H,11H2,1H3,(H,21,23)/t16-/m1/s1. The van der Waals surface area contributed by atoms with Crippen LogP contribution in [0.5, 0.6) is 11.5 Å².